The number of hydrogen-bond donors (Lipinski definition) is 1. The predicted molar refractivity (Wildman–Crippen MR) is 83.4 cm³/mol. The van der Waals surface area contributed by atoms with Gasteiger partial charge in [-0.2, -0.15) is 13.5 Å². The molecule has 0 aliphatic heterocycles. The van der Waals surface area contributed by atoms with E-state index in [1.807, 2.05) is 0 Å². The highest BCUT2D eigenvalue weighted by Gasteiger charge is 2.60. The normalized spacial score (nSPS) is 32.5. The van der Waals surface area contributed by atoms with Gasteiger partial charge in [0.1, 0.15) is 0 Å². The van der Waals surface area contributed by atoms with E-state index in [-0.39, 0.29) is 15.7 Å². The van der Waals surface area contributed by atoms with Crippen LogP contribution in [0.3, 0.4) is 0 Å². The molecule has 2 unspecified atom stereocenters. The average molecular weight is 306 g/mol. The Hall–Kier alpha value is -1.36. The zero-order chi connectivity index (χ0) is 15.3. The Bertz CT molecular complexity index is 679. The molecule has 2 aliphatic rings. The molecule has 1 aromatic carbocycles. The second-order valence-electron chi connectivity index (χ2n) is 6.96. The summed E-state index contributed by atoms with van der Waals surface area (Å²) in [6.45, 7) is 6.77. The maximum Gasteiger partial charge on any atom is 0.276 e. The van der Waals surface area contributed by atoms with E-state index < -0.39 is 10.0 Å². The zero-order valence-electron chi connectivity index (χ0n) is 12.8. The van der Waals surface area contributed by atoms with Crippen molar-refractivity contribution in [3.63, 3.8) is 0 Å². The first kappa shape index (κ1) is 14.6. The van der Waals surface area contributed by atoms with Crippen LogP contribution in [0, 0.1) is 16.7 Å². The van der Waals surface area contributed by atoms with E-state index >= 15 is 0 Å². The van der Waals surface area contributed by atoms with Gasteiger partial charge in [-0.3, -0.25) is 0 Å². The number of sulfonamides is 1. The summed E-state index contributed by atoms with van der Waals surface area (Å²) in [4.78, 5) is 2.68. The van der Waals surface area contributed by atoms with Gasteiger partial charge in [-0.1, -0.05) is 39.0 Å². The maximum atomic E-state index is 12.2. The molecule has 0 radical (unpaired) electrons. The molecule has 1 N–H and O–H groups in total. The number of fused-ring (bicyclic) bond motifs is 2. The summed E-state index contributed by atoms with van der Waals surface area (Å²) in [5.74, 6) is 0.613. The summed E-state index contributed by atoms with van der Waals surface area (Å²) >= 11 is 0. The second-order valence-corrected chi connectivity index (χ2v) is 8.62. The third kappa shape index (κ3) is 2.09. The van der Waals surface area contributed by atoms with Crippen LogP contribution in [-0.2, 0) is 10.0 Å². The van der Waals surface area contributed by atoms with E-state index in [0.29, 0.717) is 5.92 Å². The van der Waals surface area contributed by atoms with Gasteiger partial charge in [0.15, 0.2) is 0 Å². The second kappa shape index (κ2) is 4.57. The Morgan fingerprint density at radius 3 is 2.38 bits per heavy atom. The summed E-state index contributed by atoms with van der Waals surface area (Å²) in [5, 5.41) is 4.30. The van der Waals surface area contributed by atoms with Gasteiger partial charge in [-0.25, -0.2) is 4.83 Å². The lowest BCUT2D eigenvalue weighted by Crippen LogP contribution is -2.34. The van der Waals surface area contributed by atoms with Crippen molar-refractivity contribution in [3.8, 4) is 0 Å². The fourth-order valence-electron chi connectivity index (χ4n) is 3.87. The molecule has 3 rings (SSSR count). The minimum atomic E-state index is -3.57. The van der Waals surface area contributed by atoms with E-state index in [4.69, 9.17) is 0 Å². The molecule has 2 fully saturated rings. The molecule has 0 spiro atoms. The molecular weight excluding hydrogens is 284 g/mol. The standard InChI is InChI=1S/C16H22N2O2S/c1-15(2)12-9-10-16(15,3)14(11-12)17-18-21(19,20)13-7-5-4-6-8-13/h4-8,12,18H,9-11H2,1-3H3/b17-14+. The molecule has 4 nitrogen and oxygen atoms in total. The fourth-order valence-corrected chi connectivity index (χ4v) is 4.72. The molecule has 0 saturated heterocycles. The third-order valence-corrected chi connectivity index (χ3v) is 7.09. The fraction of sp³-hybridized carbons (Fsp3) is 0.562. The number of nitrogens with one attached hydrogen (secondary N) is 1. The first-order chi connectivity index (χ1) is 9.77. The van der Waals surface area contributed by atoms with E-state index in [1.165, 1.54) is 6.42 Å². The average Bonchev–Trinajstić information content (AvgIpc) is 2.79. The van der Waals surface area contributed by atoms with Crippen LogP contribution < -0.4 is 4.83 Å². The Balaban J connectivity index is 1.86. The summed E-state index contributed by atoms with van der Waals surface area (Å²) in [6.07, 6.45) is 3.21. The minimum absolute atomic E-state index is 0.0108. The van der Waals surface area contributed by atoms with Crippen molar-refractivity contribution in [2.75, 3.05) is 0 Å². The van der Waals surface area contributed by atoms with Crippen molar-refractivity contribution in [2.24, 2.45) is 21.8 Å². The van der Waals surface area contributed by atoms with Crippen LogP contribution in [0.4, 0.5) is 0 Å². The van der Waals surface area contributed by atoms with Gasteiger partial charge in [-0.15, -0.1) is 0 Å². The van der Waals surface area contributed by atoms with Crippen molar-refractivity contribution in [3.05, 3.63) is 30.3 Å². The largest absolute Gasteiger partial charge is 0.276 e. The van der Waals surface area contributed by atoms with Gasteiger partial charge in [0.25, 0.3) is 10.0 Å². The smallest absolute Gasteiger partial charge is 0.200 e. The van der Waals surface area contributed by atoms with Crippen molar-refractivity contribution < 1.29 is 8.42 Å². The quantitative estimate of drug-likeness (QED) is 0.872. The molecule has 0 heterocycles. The monoisotopic (exact) mass is 306 g/mol. The van der Waals surface area contributed by atoms with E-state index in [0.717, 1.165) is 18.6 Å². The van der Waals surface area contributed by atoms with Crippen molar-refractivity contribution in [1.29, 1.82) is 0 Å². The van der Waals surface area contributed by atoms with Crippen LogP contribution in [0.5, 0.6) is 0 Å². The first-order valence-corrected chi connectivity index (χ1v) is 8.89. The Kier molecular flexibility index (Phi) is 3.17. The van der Waals surface area contributed by atoms with Gasteiger partial charge in [0, 0.05) is 11.1 Å². The Morgan fingerprint density at radius 2 is 1.86 bits per heavy atom. The number of rotatable bonds is 3. The lowest BCUT2D eigenvalue weighted by Gasteiger charge is -2.34. The third-order valence-electron chi connectivity index (χ3n) is 5.87. The van der Waals surface area contributed by atoms with E-state index in [9.17, 15) is 8.42 Å². The molecule has 21 heavy (non-hydrogen) atoms. The van der Waals surface area contributed by atoms with Crippen LogP contribution >= 0.6 is 0 Å². The van der Waals surface area contributed by atoms with Crippen LogP contribution in [0.15, 0.2) is 40.3 Å². The maximum absolute atomic E-state index is 12.2. The Morgan fingerprint density at radius 1 is 1.19 bits per heavy atom. The number of hydrazone groups is 1. The highest BCUT2D eigenvalue weighted by molar-refractivity contribution is 7.89. The lowest BCUT2D eigenvalue weighted by molar-refractivity contribution is 0.193. The molecule has 2 bridgehead atoms. The van der Waals surface area contributed by atoms with Crippen molar-refractivity contribution in [2.45, 2.75) is 44.9 Å². The van der Waals surface area contributed by atoms with Crippen LogP contribution in [-0.4, -0.2) is 14.1 Å². The first-order valence-electron chi connectivity index (χ1n) is 7.41. The van der Waals surface area contributed by atoms with Gasteiger partial charge in [0.05, 0.1) is 4.90 Å². The summed E-state index contributed by atoms with van der Waals surface area (Å²) in [7, 11) is -3.57. The number of nitrogens with zero attached hydrogens (tertiary/aromatic N) is 1. The van der Waals surface area contributed by atoms with Crippen LogP contribution in [0.25, 0.3) is 0 Å². The Labute approximate surface area is 126 Å². The van der Waals surface area contributed by atoms with E-state index in [2.05, 4.69) is 30.7 Å². The van der Waals surface area contributed by atoms with Gasteiger partial charge in [0.2, 0.25) is 0 Å². The zero-order valence-corrected chi connectivity index (χ0v) is 13.6. The topological polar surface area (TPSA) is 58.5 Å². The molecular formula is C16H22N2O2S. The lowest BCUT2D eigenvalue weighted by atomic mass is 9.70. The minimum Gasteiger partial charge on any atom is -0.200 e. The summed E-state index contributed by atoms with van der Waals surface area (Å²) in [5.41, 5.74) is 1.21. The van der Waals surface area contributed by atoms with Gasteiger partial charge < -0.3 is 0 Å². The molecule has 0 amide bonds. The molecule has 0 aromatic heterocycles. The highest BCUT2D eigenvalue weighted by atomic mass is 32.2. The summed E-state index contributed by atoms with van der Waals surface area (Å²) < 4.78 is 24.5. The predicted octanol–water partition coefficient (Wildman–Crippen LogP) is 3.17. The number of benzene rings is 1. The SMILES string of the molecule is CC12CCC(C/C1=N\NS(=O)(=O)c1ccccc1)C2(C)C. The van der Waals surface area contributed by atoms with Crippen LogP contribution in [0.2, 0.25) is 0 Å². The molecule has 2 saturated carbocycles. The van der Waals surface area contributed by atoms with Crippen molar-refractivity contribution >= 4 is 15.7 Å². The molecule has 5 heteroatoms. The molecule has 2 aliphatic carbocycles. The summed E-state index contributed by atoms with van der Waals surface area (Å²) in [6, 6.07) is 8.38. The highest BCUT2D eigenvalue weighted by Crippen LogP contribution is 2.63. The number of hydrogen-bond acceptors (Lipinski definition) is 3. The molecule has 1 aromatic rings. The van der Waals surface area contributed by atoms with Gasteiger partial charge >= 0.3 is 0 Å². The van der Waals surface area contributed by atoms with Gasteiger partial charge in [-0.05, 0) is 42.7 Å². The molecule has 114 valence electrons. The van der Waals surface area contributed by atoms with E-state index in [1.54, 1.807) is 30.3 Å². The molecule has 2 atom stereocenters. The van der Waals surface area contributed by atoms with Crippen molar-refractivity contribution in [1.82, 2.24) is 4.83 Å². The van der Waals surface area contributed by atoms with Crippen LogP contribution in [0.1, 0.15) is 40.0 Å².